The molecule has 3 N–H and O–H groups in total. The van der Waals surface area contributed by atoms with Gasteiger partial charge in [0.25, 0.3) is 0 Å². The van der Waals surface area contributed by atoms with E-state index in [9.17, 15) is 8.42 Å². The van der Waals surface area contributed by atoms with Crippen molar-refractivity contribution in [3.05, 3.63) is 21.6 Å². The Kier molecular flexibility index (Phi) is 5.89. The van der Waals surface area contributed by atoms with Crippen molar-refractivity contribution in [3.8, 4) is 0 Å². The normalized spacial score (nSPS) is 12.7. The number of halogens is 2. The van der Waals surface area contributed by atoms with E-state index in [1.807, 2.05) is 20.8 Å². The second-order valence-corrected chi connectivity index (χ2v) is 7.63. The third-order valence-corrected chi connectivity index (χ3v) is 6.67. The van der Waals surface area contributed by atoms with E-state index < -0.39 is 15.6 Å². The molecule has 0 bridgehead atoms. The molecule has 0 amide bonds. The van der Waals surface area contributed by atoms with Crippen molar-refractivity contribution < 1.29 is 8.42 Å². The minimum atomic E-state index is -3.69. The van der Waals surface area contributed by atoms with E-state index in [0.717, 1.165) is 0 Å². The Hall–Kier alpha value is -0.300. The van der Waals surface area contributed by atoms with Gasteiger partial charge in [-0.2, -0.15) is 0 Å². The highest BCUT2D eigenvalue weighted by atomic mass is 79.9. The zero-order valence-electron chi connectivity index (χ0n) is 11.8. The Bertz CT molecular complexity index is 578. The van der Waals surface area contributed by atoms with Crippen molar-refractivity contribution in [2.24, 2.45) is 0 Å². The lowest BCUT2D eigenvalue weighted by Crippen LogP contribution is -2.47. The molecule has 0 radical (unpaired) electrons. The van der Waals surface area contributed by atoms with Gasteiger partial charge in [0.2, 0.25) is 10.0 Å². The van der Waals surface area contributed by atoms with E-state index in [0.29, 0.717) is 34.4 Å². The number of hydrogen-bond acceptors (Lipinski definition) is 3. The second kappa shape index (κ2) is 6.64. The molecule has 0 fully saturated rings. The summed E-state index contributed by atoms with van der Waals surface area (Å²) < 4.78 is 28.3. The van der Waals surface area contributed by atoms with Gasteiger partial charge in [-0.3, -0.25) is 0 Å². The molecule has 0 unspecified atom stereocenters. The van der Waals surface area contributed by atoms with Crippen molar-refractivity contribution in [1.29, 1.82) is 0 Å². The van der Waals surface area contributed by atoms with Crippen molar-refractivity contribution in [2.75, 3.05) is 5.73 Å². The van der Waals surface area contributed by atoms with Crippen LogP contribution in [-0.4, -0.2) is 14.0 Å². The summed E-state index contributed by atoms with van der Waals surface area (Å²) in [5, 5.41) is 0.293. The molecular formula is C13H20BrClN2O2S. The molecule has 0 saturated heterocycles. The molecule has 4 nitrogen and oxygen atoms in total. The highest BCUT2D eigenvalue weighted by Crippen LogP contribution is 2.33. The smallest absolute Gasteiger partial charge is 0.242 e. The monoisotopic (exact) mass is 382 g/mol. The molecule has 0 atom stereocenters. The Morgan fingerprint density at radius 1 is 1.25 bits per heavy atom. The van der Waals surface area contributed by atoms with Gasteiger partial charge in [0.05, 0.1) is 9.37 Å². The van der Waals surface area contributed by atoms with Gasteiger partial charge in [0, 0.05) is 16.2 Å². The maximum atomic E-state index is 12.6. The summed E-state index contributed by atoms with van der Waals surface area (Å²) in [6.45, 7) is 5.91. The first-order valence-corrected chi connectivity index (χ1v) is 9.15. The second-order valence-electron chi connectivity index (χ2n) is 4.75. The summed E-state index contributed by atoms with van der Waals surface area (Å²) >= 11 is 9.13. The molecule has 0 aromatic heterocycles. The number of hydrogen-bond donors (Lipinski definition) is 2. The predicted molar refractivity (Wildman–Crippen MR) is 87.5 cm³/mol. The zero-order chi connectivity index (χ0) is 15.6. The molecule has 0 aliphatic rings. The Morgan fingerprint density at radius 2 is 1.75 bits per heavy atom. The summed E-state index contributed by atoms with van der Waals surface area (Å²) in [4.78, 5) is 0.0715. The lowest BCUT2D eigenvalue weighted by molar-refractivity contribution is 0.341. The average molecular weight is 384 g/mol. The first-order chi connectivity index (χ1) is 9.21. The van der Waals surface area contributed by atoms with Crippen LogP contribution in [-0.2, 0) is 10.0 Å². The van der Waals surface area contributed by atoms with Gasteiger partial charge in [-0.25, -0.2) is 13.1 Å². The molecule has 0 heterocycles. The van der Waals surface area contributed by atoms with Crippen molar-refractivity contribution >= 4 is 43.2 Å². The van der Waals surface area contributed by atoms with Gasteiger partial charge in [-0.05, 0) is 47.3 Å². The largest absolute Gasteiger partial charge is 0.398 e. The molecule has 0 spiro atoms. The number of nitrogens with two attached hydrogens (primary N) is 1. The minimum Gasteiger partial charge on any atom is -0.398 e. The quantitative estimate of drug-likeness (QED) is 0.731. The van der Waals surface area contributed by atoms with E-state index in [4.69, 9.17) is 17.3 Å². The number of rotatable bonds is 6. The van der Waals surface area contributed by atoms with Crippen LogP contribution >= 0.6 is 27.5 Å². The Balaban J connectivity index is 3.31. The molecule has 1 aromatic carbocycles. The van der Waals surface area contributed by atoms with E-state index in [1.54, 1.807) is 0 Å². The van der Waals surface area contributed by atoms with Crippen LogP contribution in [0.5, 0.6) is 0 Å². The Labute approximate surface area is 134 Å². The van der Waals surface area contributed by atoms with E-state index in [-0.39, 0.29) is 4.90 Å². The molecular weight excluding hydrogens is 364 g/mol. The maximum absolute atomic E-state index is 12.6. The fraction of sp³-hybridized carbons (Fsp3) is 0.538. The minimum absolute atomic E-state index is 0.0715. The lowest BCUT2D eigenvalue weighted by Gasteiger charge is -2.31. The topological polar surface area (TPSA) is 72.2 Å². The van der Waals surface area contributed by atoms with Crippen molar-refractivity contribution in [3.63, 3.8) is 0 Å². The third-order valence-electron chi connectivity index (χ3n) is 3.70. The zero-order valence-corrected chi connectivity index (χ0v) is 15.0. The predicted octanol–water partition coefficient (Wildman–Crippen LogP) is 3.93. The number of sulfonamides is 1. The Morgan fingerprint density at radius 3 is 2.20 bits per heavy atom. The fourth-order valence-corrected chi connectivity index (χ4v) is 5.00. The van der Waals surface area contributed by atoms with Crippen molar-refractivity contribution in [1.82, 2.24) is 4.72 Å². The van der Waals surface area contributed by atoms with Gasteiger partial charge in [-0.1, -0.05) is 32.4 Å². The van der Waals surface area contributed by atoms with E-state index in [1.165, 1.54) is 12.1 Å². The SMILES string of the molecule is CCC(CC)(CC)NS(=O)(=O)c1cc(Cl)cc(N)c1Br. The summed E-state index contributed by atoms with van der Waals surface area (Å²) in [6, 6.07) is 2.91. The molecule has 1 aromatic rings. The van der Waals surface area contributed by atoms with Crippen LogP contribution in [0, 0.1) is 0 Å². The first-order valence-electron chi connectivity index (χ1n) is 6.49. The summed E-state index contributed by atoms with van der Waals surface area (Å²) in [5.74, 6) is 0. The summed E-state index contributed by atoms with van der Waals surface area (Å²) in [6.07, 6.45) is 2.15. The van der Waals surface area contributed by atoms with Crippen LogP contribution in [0.1, 0.15) is 40.0 Å². The van der Waals surface area contributed by atoms with Crippen LogP contribution < -0.4 is 10.5 Å². The van der Waals surface area contributed by atoms with Crippen molar-refractivity contribution in [2.45, 2.75) is 50.5 Å². The summed E-state index contributed by atoms with van der Waals surface area (Å²) in [5.41, 5.74) is 5.61. The molecule has 7 heteroatoms. The third kappa shape index (κ3) is 3.67. The van der Waals surface area contributed by atoms with Crippen LogP contribution in [0.4, 0.5) is 5.69 Å². The molecule has 0 aliphatic carbocycles. The number of nitrogens with one attached hydrogen (secondary N) is 1. The van der Waals surface area contributed by atoms with E-state index >= 15 is 0 Å². The highest BCUT2D eigenvalue weighted by Gasteiger charge is 2.31. The van der Waals surface area contributed by atoms with Crippen LogP contribution in [0.2, 0.25) is 5.02 Å². The van der Waals surface area contributed by atoms with E-state index in [2.05, 4.69) is 20.7 Å². The molecule has 114 valence electrons. The van der Waals surface area contributed by atoms with Crippen LogP contribution in [0.15, 0.2) is 21.5 Å². The van der Waals surface area contributed by atoms with Gasteiger partial charge < -0.3 is 5.73 Å². The first kappa shape index (κ1) is 17.8. The molecule has 0 aliphatic heterocycles. The van der Waals surface area contributed by atoms with Gasteiger partial charge in [0.1, 0.15) is 0 Å². The fourth-order valence-electron chi connectivity index (χ4n) is 2.09. The molecule has 0 saturated carbocycles. The lowest BCUT2D eigenvalue weighted by atomic mass is 9.91. The number of nitrogen functional groups attached to an aromatic ring is 1. The van der Waals surface area contributed by atoms with Gasteiger partial charge in [0.15, 0.2) is 0 Å². The summed E-state index contributed by atoms with van der Waals surface area (Å²) in [7, 11) is -3.69. The standard InChI is InChI=1S/C13H20BrClN2O2S/c1-4-13(5-2,6-3)17-20(18,19)11-8-9(15)7-10(16)12(11)14/h7-8,17H,4-6,16H2,1-3H3. The van der Waals surface area contributed by atoms with Crippen LogP contribution in [0.3, 0.4) is 0 Å². The molecule has 20 heavy (non-hydrogen) atoms. The highest BCUT2D eigenvalue weighted by molar-refractivity contribution is 9.10. The van der Waals surface area contributed by atoms with Gasteiger partial charge in [-0.15, -0.1) is 0 Å². The number of benzene rings is 1. The molecule has 1 rings (SSSR count). The maximum Gasteiger partial charge on any atom is 0.242 e. The average Bonchev–Trinajstić information content (AvgIpc) is 2.40. The van der Waals surface area contributed by atoms with Gasteiger partial charge >= 0.3 is 0 Å². The number of anilines is 1. The van der Waals surface area contributed by atoms with Crippen LogP contribution in [0.25, 0.3) is 0 Å².